The Hall–Kier alpha value is -0.630. The molecule has 26 heavy (non-hydrogen) atoms. The first-order valence-corrected chi connectivity index (χ1v) is 12.2. The van der Waals surface area contributed by atoms with Crippen molar-refractivity contribution in [3.05, 3.63) is 28.2 Å². The van der Waals surface area contributed by atoms with E-state index in [2.05, 4.69) is 5.32 Å². The first-order chi connectivity index (χ1) is 12.3. The highest BCUT2D eigenvalue weighted by molar-refractivity contribution is 7.99. The van der Waals surface area contributed by atoms with E-state index in [0.29, 0.717) is 16.8 Å². The zero-order valence-corrected chi connectivity index (χ0v) is 17.9. The monoisotopic (exact) mass is 438 g/mol. The highest BCUT2D eigenvalue weighted by Crippen LogP contribution is 2.30. The van der Waals surface area contributed by atoms with Gasteiger partial charge in [0.15, 0.2) is 0 Å². The summed E-state index contributed by atoms with van der Waals surface area (Å²) in [4.78, 5) is 12.2. The van der Waals surface area contributed by atoms with Gasteiger partial charge in [0.25, 0.3) is 0 Å². The molecule has 0 bridgehead atoms. The molecule has 0 unspecified atom stereocenters. The molecular formula is C17H24Cl2N2O3S2. The number of carbonyl (C=O) groups excluding carboxylic acids is 1. The minimum atomic E-state index is -3.68. The molecule has 0 aromatic heterocycles. The maximum Gasteiger partial charge on any atom is 0.240 e. The number of halogens is 2. The third-order valence-corrected chi connectivity index (χ3v) is 7.26. The third kappa shape index (κ3) is 6.83. The molecule has 1 fully saturated rings. The summed E-state index contributed by atoms with van der Waals surface area (Å²) >= 11 is 13.9. The van der Waals surface area contributed by atoms with Gasteiger partial charge in [-0.2, -0.15) is 11.8 Å². The minimum Gasteiger partial charge on any atom is -0.354 e. The van der Waals surface area contributed by atoms with E-state index in [1.807, 2.05) is 11.8 Å². The van der Waals surface area contributed by atoms with Gasteiger partial charge in [-0.05, 0) is 31.0 Å². The van der Waals surface area contributed by atoms with Crippen LogP contribution in [0.25, 0.3) is 0 Å². The van der Waals surface area contributed by atoms with Crippen molar-refractivity contribution >= 4 is 56.6 Å². The second kappa shape index (κ2) is 10.1. The molecule has 1 N–H and O–H groups in total. The second-order valence-electron chi connectivity index (χ2n) is 6.35. The Morgan fingerprint density at radius 2 is 1.96 bits per heavy atom. The Bertz CT molecular complexity index is 723. The van der Waals surface area contributed by atoms with Crippen molar-refractivity contribution in [2.45, 2.75) is 37.4 Å². The first-order valence-electron chi connectivity index (χ1n) is 8.58. The Balaban J connectivity index is 1.89. The summed E-state index contributed by atoms with van der Waals surface area (Å²) in [6.45, 7) is 0.188. The van der Waals surface area contributed by atoms with Crippen LogP contribution < -0.4 is 9.62 Å². The molecule has 1 aliphatic carbocycles. The number of nitrogens with zero attached hydrogens (tertiary/aromatic N) is 1. The van der Waals surface area contributed by atoms with Gasteiger partial charge in [0.1, 0.15) is 6.54 Å². The van der Waals surface area contributed by atoms with Crippen LogP contribution >= 0.6 is 35.0 Å². The Kier molecular flexibility index (Phi) is 8.39. The van der Waals surface area contributed by atoms with Crippen molar-refractivity contribution in [3.63, 3.8) is 0 Å². The number of sulfonamides is 1. The molecule has 1 aliphatic rings. The third-order valence-electron chi connectivity index (χ3n) is 4.19. The van der Waals surface area contributed by atoms with Gasteiger partial charge >= 0.3 is 0 Å². The van der Waals surface area contributed by atoms with Crippen LogP contribution in [-0.2, 0) is 14.8 Å². The van der Waals surface area contributed by atoms with E-state index >= 15 is 0 Å². The molecule has 2 rings (SSSR count). The van der Waals surface area contributed by atoms with Crippen molar-refractivity contribution < 1.29 is 13.2 Å². The summed E-state index contributed by atoms with van der Waals surface area (Å²) in [6, 6.07) is 4.52. The maximum absolute atomic E-state index is 12.2. The second-order valence-corrected chi connectivity index (χ2v) is 10.5. The summed E-state index contributed by atoms with van der Waals surface area (Å²) in [6.07, 6.45) is 7.42. The summed E-state index contributed by atoms with van der Waals surface area (Å²) < 4.78 is 25.2. The molecule has 146 valence electrons. The SMILES string of the molecule is CS(=O)(=O)N(CC(=O)NCCSC1CCCCC1)c1cc(Cl)ccc1Cl. The van der Waals surface area contributed by atoms with E-state index in [0.717, 1.165) is 16.3 Å². The largest absolute Gasteiger partial charge is 0.354 e. The Morgan fingerprint density at radius 1 is 1.27 bits per heavy atom. The van der Waals surface area contributed by atoms with E-state index < -0.39 is 10.0 Å². The van der Waals surface area contributed by atoms with Gasteiger partial charge in [0.2, 0.25) is 15.9 Å². The fourth-order valence-electron chi connectivity index (χ4n) is 2.89. The molecule has 9 heteroatoms. The maximum atomic E-state index is 12.2. The smallest absolute Gasteiger partial charge is 0.240 e. The molecule has 1 aromatic rings. The van der Waals surface area contributed by atoms with Crippen LogP contribution in [-0.4, -0.2) is 44.7 Å². The number of hydrogen-bond donors (Lipinski definition) is 1. The molecule has 0 radical (unpaired) electrons. The zero-order chi connectivity index (χ0) is 19.2. The standard InChI is InChI=1S/C17H24Cl2N2O3S2/c1-26(23,24)21(16-11-13(18)7-8-15(16)19)12-17(22)20-9-10-25-14-5-3-2-4-6-14/h7-8,11,14H,2-6,9-10,12H2,1H3,(H,20,22). The minimum absolute atomic E-state index is 0.202. The van der Waals surface area contributed by atoms with Crippen LogP contribution in [0, 0.1) is 0 Å². The highest BCUT2D eigenvalue weighted by atomic mass is 35.5. The van der Waals surface area contributed by atoms with E-state index in [1.165, 1.54) is 44.2 Å². The van der Waals surface area contributed by atoms with Crippen molar-refractivity contribution in [1.82, 2.24) is 5.32 Å². The van der Waals surface area contributed by atoms with Crippen LogP contribution in [0.3, 0.4) is 0 Å². The number of carbonyl (C=O) groups is 1. The number of amides is 1. The molecule has 0 saturated heterocycles. The number of benzene rings is 1. The van der Waals surface area contributed by atoms with Gasteiger partial charge in [0, 0.05) is 22.6 Å². The molecule has 0 atom stereocenters. The van der Waals surface area contributed by atoms with E-state index in [9.17, 15) is 13.2 Å². The zero-order valence-electron chi connectivity index (χ0n) is 14.7. The molecule has 0 heterocycles. The van der Waals surface area contributed by atoms with Crippen LogP contribution in [0.15, 0.2) is 18.2 Å². The number of anilines is 1. The molecule has 1 amide bonds. The quantitative estimate of drug-likeness (QED) is 0.623. The average molecular weight is 439 g/mol. The summed E-state index contributed by atoms with van der Waals surface area (Å²) in [5, 5.41) is 4.04. The predicted molar refractivity (Wildman–Crippen MR) is 111 cm³/mol. The summed E-state index contributed by atoms with van der Waals surface area (Å²) in [5.41, 5.74) is 0.202. The number of nitrogens with one attached hydrogen (secondary N) is 1. The first kappa shape index (κ1) is 21.7. The lowest BCUT2D eigenvalue weighted by molar-refractivity contribution is -0.119. The van der Waals surface area contributed by atoms with Gasteiger partial charge in [-0.25, -0.2) is 8.42 Å². The molecule has 1 saturated carbocycles. The molecule has 0 aliphatic heterocycles. The van der Waals surface area contributed by atoms with Crippen LogP contribution in [0.5, 0.6) is 0 Å². The van der Waals surface area contributed by atoms with Crippen molar-refractivity contribution in [1.29, 1.82) is 0 Å². The average Bonchev–Trinajstić information content (AvgIpc) is 2.59. The van der Waals surface area contributed by atoms with Gasteiger partial charge in [-0.15, -0.1) is 0 Å². The number of rotatable bonds is 8. The van der Waals surface area contributed by atoms with Crippen LogP contribution in [0.2, 0.25) is 10.0 Å². The van der Waals surface area contributed by atoms with Gasteiger partial charge in [-0.1, -0.05) is 42.5 Å². The van der Waals surface area contributed by atoms with E-state index in [-0.39, 0.29) is 23.2 Å². The lowest BCUT2D eigenvalue weighted by Gasteiger charge is -2.23. The topological polar surface area (TPSA) is 66.5 Å². The van der Waals surface area contributed by atoms with Gasteiger partial charge < -0.3 is 5.32 Å². The molecular weight excluding hydrogens is 415 g/mol. The Morgan fingerprint density at radius 3 is 2.62 bits per heavy atom. The number of thioether (sulfide) groups is 1. The summed E-state index contributed by atoms with van der Waals surface area (Å²) in [7, 11) is -3.68. The lowest BCUT2D eigenvalue weighted by Crippen LogP contribution is -2.41. The van der Waals surface area contributed by atoms with E-state index in [1.54, 1.807) is 6.07 Å². The van der Waals surface area contributed by atoms with Crippen molar-refractivity contribution in [3.8, 4) is 0 Å². The van der Waals surface area contributed by atoms with Crippen molar-refractivity contribution in [2.75, 3.05) is 29.4 Å². The van der Waals surface area contributed by atoms with Gasteiger partial charge in [0.05, 0.1) is 17.0 Å². The lowest BCUT2D eigenvalue weighted by atomic mass is 10.0. The Labute approximate surface area is 169 Å². The van der Waals surface area contributed by atoms with Gasteiger partial charge in [-0.3, -0.25) is 9.10 Å². The van der Waals surface area contributed by atoms with Crippen LogP contribution in [0.4, 0.5) is 5.69 Å². The fraction of sp³-hybridized carbons (Fsp3) is 0.588. The van der Waals surface area contributed by atoms with E-state index in [4.69, 9.17) is 23.2 Å². The van der Waals surface area contributed by atoms with Crippen molar-refractivity contribution in [2.24, 2.45) is 0 Å². The predicted octanol–water partition coefficient (Wildman–Crippen LogP) is 3.94. The highest BCUT2D eigenvalue weighted by Gasteiger charge is 2.23. The molecule has 0 spiro atoms. The fourth-order valence-corrected chi connectivity index (χ4v) is 5.41. The molecule has 1 aromatic carbocycles. The van der Waals surface area contributed by atoms with Crippen LogP contribution in [0.1, 0.15) is 32.1 Å². The molecule has 5 nitrogen and oxygen atoms in total. The summed E-state index contributed by atoms with van der Waals surface area (Å²) in [5.74, 6) is 0.462. The number of hydrogen-bond acceptors (Lipinski definition) is 4. The normalized spacial score (nSPS) is 15.7.